The number of Topliss-reactive ketones (excluding diaryl/α,β-unsaturated/α-hetero) is 1. The zero-order valence-electron chi connectivity index (χ0n) is 14.4. The van der Waals surface area contributed by atoms with Crippen molar-refractivity contribution in [3.63, 3.8) is 0 Å². The molecule has 1 aliphatic rings. The molecule has 1 aromatic rings. The van der Waals surface area contributed by atoms with Crippen molar-refractivity contribution in [3.8, 4) is 5.75 Å². The maximum absolute atomic E-state index is 12.4. The van der Waals surface area contributed by atoms with Crippen LogP contribution in [-0.4, -0.2) is 49.5 Å². The number of hydrogen-bond acceptors (Lipinski definition) is 5. The van der Waals surface area contributed by atoms with Crippen molar-refractivity contribution in [2.45, 2.75) is 32.8 Å². The number of amides is 2. The number of carbonyl (C=O) groups is 3. The summed E-state index contributed by atoms with van der Waals surface area (Å²) in [4.78, 5) is 42.9. The maximum Gasteiger partial charge on any atom is 0.268 e. The molecule has 1 atom stereocenters. The molecule has 0 fully saturated rings. The average Bonchev–Trinajstić information content (AvgIpc) is 2.57. The van der Waals surface area contributed by atoms with E-state index in [2.05, 4.69) is 0 Å². The van der Waals surface area contributed by atoms with E-state index in [1.54, 1.807) is 25.1 Å². The number of rotatable bonds is 6. The van der Waals surface area contributed by atoms with Gasteiger partial charge in [0, 0.05) is 19.0 Å². The number of likely N-dealkylation sites (N-methyl/N-ethyl adjacent to an activating group) is 1. The second kappa shape index (κ2) is 7.44. The Kier molecular flexibility index (Phi) is 5.56. The van der Waals surface area contributed by atoms with Crippen molar-refractivity contribution < 1.29 is 24.0 Å². The first-order valence-corrected chi connectivity index (χ1v) is 7.85. The third kappa shape index (κ3) is 3.56. The lowest BCUT2D eigenvalue weighted by Gasteiger charge is -2.33. The summed E-state index contributed by atoms with van der Waals surface area (Å²) in [6.45, 7) is 3.37. The van der Waals surface area contributed by atoms with Crippen LogP contribution >= 0.6 is 0 Å². The first-order valence-electron chi connectivity index (χ1n) is 7.85. The number of fused-ring (bicyclic) bond motifs is 1. The van der Waals surface area contributed by atoms with Gasteiger partial charge in [-0.3, -0.25) is 24.1 Å². The Balaban J connectivity index is 2.37. The molecule has 0 aromatic heterocycles. The zero-order valence-corrected chi connectivity index (χ0v) is 14.4. The van der Waals surface area contributed by atoms with Crippen molar-refractivity contribution in [1.82, 2.24) is 5.06 Å². The number of nitrogens with zero attached hydrogens (tertiary/aromatic N) is 2. The molecule has 7 nitrogen and oxygen atoms in total. The highest BCUT2D eigenvalue weighted by atomic mass is 16.7. The van der Waals surface area contributed by atoms with E-state index in [9.17, 15) is 14.4 Å². The Morgan fingerprint density at radius 3 is 2.71 bits per heavy atom. The molecule has 0 spiro atoms. The number of carbonyl (C=O) groups excluding carboxylic acids is 3. The normalized spacial score (nSPS) is 16.4. The van der Waals surface area contributed by atoms with E-state index in [1.165, 1.54) is 19.1 Å². The Morgan fingerprint density at radius 2 is 2.08 bits per heavy atom. The Labute approximate surface area is 141 Å². The van der Waals surface area contributed by atoms with Crippen LogP contribution in [0.2, 0.25) is 0 Å². The van der Waals surface area contributed by atoms with Gasteiger partial charge in [-0.2, -0.15) is 0 Å². The summed E-state index contributed by atoms with van der Waals surface area (Å²) in [6.07, 6.45) is 0.466. The smallest absolute Gasteiger partial charge is 0.268 e. The van der Waals surface area contributed by atoms with Crippen molar-refractivity contribution in [3.05, 3.63) is 23.8 Å². The van der Waals surface area contributed by atoms with E-state index in [4.69, 9.17) is 9.57 Å². The molecule has 1 aromatic carbocycles. The van der Waals surface area contributed by atoms with Gasteiger partial charge in [0.05, 0.1) is 12.8 Å². The van der Waals surface area contributed by atoms with Gasteiger partial charge in [-0.05, 0) is 31.5 Å². The SMILES string of the molecule is CCCC(=O)c1ccc2c(c1)N(CC(=O)N(C)OC)C(=O)C(C)O2. The van der Waals surface area contributed by atoms with Crippen molar-refractivity contribution in [2.75, 3.05) is 25.6 Å². The van der Waals surface area contributed by atoms with Gasteiger partial charge in [0.2, 0.25) is 0 Å². The summed E-state index contributed by atoms with van der Waals surface area (Å²) in [6, 6.07) is 4.95. The summed E-state index contributed by atoms with van der Waals surface area (Å²) >= 11 is 0. The monoisotopic (exact) mass is 334 g/mol. The van der Waals surface area contributed by atoms with Crippen LogP contribution < -0.4 is 9.64 Å². The van der Waals surface area contributed by atoms with Crippen molar-refractivity contribution in [2.24, 2.45) is 0 Å². The van der Waals surface area contributed by atoms with Gasteiger partial charge in [-0.25, -0.2) is 5.06 Å². The molecule has 0 N–H and O–H groups in total. The van der Waals surface area contributed by atoms with Crippen LogP contribution in [0.1, 0.15) is 37.0 Å². The van der Waals surface area contributed by atoms with E-state index >= 15 is 0 Å². The zero-order chi connectivity index (χ0) is 17.9. The lowest BCUT2D eigenvalue weighted by Crippen LogP contribution is -2.49. The number of ether oxygens (including phenoxy) is 1. The highest BCUT2D eigenvalue weighted by molar-refractivity contribution is 6.05. The Hall–Kier alpha value is -2.41. The largest absolute Gasteiger partial charge is 0.479 e. The number of benzene rings is 1. The minimum atomic E-state index is -0.699. The van der Waals surface area contributed by atoms with Crippen LogP contribution in [-0.2, 0) is 14.4 Å². The molecule has 1 unspecified atom stereocenters. The van der Waals surface area contributed by atoms with Gasteiger partial charge in [0.15, 0.2) is 11.9 Å². The molecule has 0 saturated heterocycles. The van der Waals surface area contributed by atoms with Crippen LogP contribution in [0, 0.1) is 0 Å². The first kappa shape index (κ1) is 17.9. The number of hydrogen-bond donors (Lipinski definition) is 0. The first-order chi connectivity index (χ1) is 11.4. The predicted octanol–water partition coefficient (Wildman–Crippen LogP) is 1.80. The van der Waals surface area contributed by atoms with Crippen LogP contribution in [0.5, 0.6) is 5.75 Å². The molecule has 0 bridgehead atoms. The molecule has 0 radical (unpaired) electrons. The minimum Gasteiger partial charge on any atom is -0.479 e. The highest BCUT2D eigenvalue weighted by Gasteiger charge is 2.34. The van der Waals surface area contributed by atoms with E-state index < -0.39 is 6.10 Å². The fourth-order valence-corrected chi connectivity index (χ4v) is 2.45. The van der Waals surface area contributed by atoms with Gasteiger partial charge in [0.1, 0.15) is 12.3 Å². The third-order valence-corrected chi connectivity index (χ3v) is 3.88. The number of hydroxylamine groups is 2. The summed E-state index contributed by atoms with van der Waals surface area (Å²) in [5, 5.41) is 1.05. The van der Waals surface area contributed by atoms with E-state index in [1.807, 2.05) is 6.92 Å². The van der Waals surface area contributed by atoms with Crippen LogP contribution in [0.4, 0.5) is 5.69 Å². The standard InChI is InChI=1S/C17H22N2O5/c1-5-6-14(20)12-7-8-15-13(9-12)19(17(22)11(2)24-15)10-16(21)18(3)23-4/h7-9,11H,5-6,10H2,1-4H3. The third-order valence-electron chi connectivity index (χ3n) is 3.88. The lowest BCUT2D eigenvalue weighted by molar-refractivity contribution is -0.167. The fourth-order valence-electron chi connectivity index (χ4n) is 2.45. The minimum absolute atomic E-state index is 0.00772. The van der Waals surface area contributed by atoms with E-state index in [0.29, 0.717) is 23.4 Å². The van der Waals surface area contributed by atoms with Gasteiger partial charge in [-0.1, -0.05) is 6.92 Å². The number of anilines is 1. The molecule has 0 saturated carbocycles. The lowest BCUT2D eigenvalue weighted by atomic mass is 10.0. The quantitative estimate of drug-likeness (QED) is 0.586. The average molecular weight is 334 g/mol. The van der Waals surface area contributed by atoms with Crippen molar-refractivity contribution in [1.29, 1.82) is 0 Å². The molecule has 1 heterocycles. The van der Waals surface area contributed by atoms with Gasteiger partial charge in [0.25, 0.3) is 11.8 Å². The van der Waals surface area contributed by atoms with Gasteiger partial charge >= 0.3 is 0 Å². The molecule has 1 aliphatic heterocycles. The van der Waals surface area contributed by atoms with E-state index in [0.717, 1.165) is 11.5 Å². The molecule has 7 heteroatoms. The second-order valence-electron chi connectivity index (χ2n) is 5.61. The Morgan fingerprint density at radius 1 is 1.38 bits per heavy atom. The fraction of sp³-hybridized carbons (Fsp3) is 0.471. The van der Waals surface area contributed by atoms with Crippen LogP contribution in [0.15, 0.2) is 18.2 Å². The highest BCUT2D eigenvalue weighted by Crippen LogP contribution is 2.35. The summed E-state index contributed by atoms with van der Waals surface area (Å²) in [5.74, 6) is -0.244. The summed E-state index contributed by atoms with van der Waals surface area (Å²) in [7, 11) is 2.84. The summed E-state index contributed by atoms with van der Waals surface area (Å²) in [5.41, 5.74) is 0.928. The molecular formula is C17H22N2O5. The number of ketones is 1. The van der Waals surface area contributed by atoms with Crippen LogP contribution in [0.25, 0.3) is 0 Å². The second-order valence-corrected chi connectivity index (χ2v) is 5.61. The maximum atomic E-state index is 12.4. The van der Waals surface area contributed by atoms with Crippen LogP contribution in [0.3, 0.4) is 0 Å². The topological polar surface area (TPSA) is 76.2 Å². The van der Waals surface area contributed by atoms with E-state index in [-0.39, 0.29) is 24.1 Å². The Bertz CT molecular complexity index is 658. The predicted molar refractivity (Wildman–Crippen MR) is 87.9 cm³/mol. The molecule has 130 valence electrons. The van der Waals surface area contributed by atoms with Crippen molar-refractivity contribution >= 4 is 23.3 Å². The molecule has 24 heavy (non-hydrogen) atoms. The molecule has 0 aliphatic carbocycles. The molecule has 2 rings (SSSR count). The van der Waals surface area contributed by atoms with Gasteiger partial charge < -0.3 is 4.74 Å². The summed E-state index contributed by atoms with van der Waals surface area (Å²) < 4.78 is 5.58. The molecule has 2 amide bonds. The van der Waals surface area contributed by atoms with Gasteiger partial charge in [-0.15, -0.1) is 0 Å². The molecular weight excluding hydrogens is 312 g/mol.